The Morgan fingerprint density at radius 1 is 1.27 bits per heavy atom. The second kappa shape index (κ2) is 6.75. The number of ether oxygens (including phenoxy) is 2. The molecular formula is C15H16N2O5. The van der Waals surface area contributed by atoms with Gasteiger partial charge in [0.1, 0.15) is 24.7 Å². The van der Waals surface area contributed by atoms with Gasteiger partial charge >= 0.3 is 5.97 Å². The molecule has 116 valence electrons. The highest BCUT2D eigenvalue weighted by atomic mass is 16.6. The maximum atomic E-state index is 11.8. The van der Waals surface area contributed by atoms with E-state index in [0.717, 1.165) is 5.56 Å². The Hall–Kier alpha value is -2.83. The minimum absolute atomic E-state index is 0.0612. The van der Waals surface area contributed by atoms with Crippen molar-refractivity contribution in [2.24, 2.45) is 7.05 Å². The van der Waals surface area contributed by atoms with Crippen LogP contribution >= 0.6 is 0 Å². The summed E-state index contributed by atoms with van der Waals surface area (Å²) in [7, 11) is 1.55. The van der Waals surface area contributed by atoms with Crippen LogP contribution in [0.25, 0.3) is 0 Å². The molecule has 0 bridgehead atoms. The summed E-state index contributed by atoms with van der Waals surface area (Å²) in [6.45, 7) is 2.25. The molecule has 1 aromatic carbocycles. The van der Waals surface area contributed by atoms with Crippen LogP contribution in [0.4, 0.5) is 5.69 Å². The van der Waals surface area contributed by atoms with Crippen molar-refractivity contribution in [2.45, 2.75) is 6.92 Å². The highest BCUT2D eigenvalue weighted by molar-refractivity contribution is 5.88. The lowest BCUT2D eigenvalue weighted by Gasteiger charge is -2.07. The van der Waals surface area contributed by atoms with Gasteiger partial charge in [-0.25, -0.2) is 4.79 Å². The summed E-state index contributed by atoms with van der Waals surface area (Å²) in [4.78, 5) is 21.9. The summed E-state index contributed by atoms with van der Waals surface area (Å²) in [5, 5.41) is 10.7. The van der Waals surface area contributed by atoms with Gasteiger partial charge in [-0.1, -0.05) is 17.7 Å². The molecule has 0 N–H and O–H groups in total. The Morgan fingerprint density at radius 2 is 1.95 bits per heavy atom. The average molecular weight is 304 g/mol. The van der Waals surface area contributed by atoms with Gasteiger partial charge in [0.25, 0.3) is 5.69 Å². The molecule has 0 fully saturated rings. The summed E-state index contributed by atoms with van der Waals surface area (Å²) in [6, 6.07) is 8.69. The third-order valence-corrected chi connectivity index (χ3v) is 3.02. The molecule has 7 nitrogen and oxygen atoms in total. The van der Waals surface area contributed by atoms with Crippen molar-refractivity contribution >= 4 is 11.7 Å². The third-order valence-electron chi connectivity index (χ3n) is 3.02. The topological polar surface area (TPSA) is 83.6 Å². The Balaban J connectivity index is 1.83. The first-order valence-corrected chi connectivity index (χ1v) is 6.64. The smallest absolute Gasteiger partial charge is 0.355 e. The number of benzene rings is 1. The van der Waals surface area contributed by atoms with E-state index in [9.17, 15) is 14.9 Å². The molecule has 1 aromatic heterocycles. The van der Waals surface area contributed by atoms with E-state index < -0.39 is 10.9 Å². The monoisotopic (exact) mass is 304 g/mol. The largest absolute Gasteiger partial charge is 0.490 e. The van der Waals surface area contributed by atoms with Crippen molar-refractivity contribution in [3.05, 3.63) is 57.9 Å². The number of carbonyl (C=O) groups excluding carboxylic acids is 1. The molecule has 2 rings (SSSR count). The predicted molar refractivity (Wildman–Crippen MR) is 79.0 cm³/mol. The molecule has 0 saturated carbocycles. The second-order valence-electron chi connectivity index (χ2n) is 4.75. The van der Waals surface area contributed by atoms with E-state index in [-0.39, 0.29) is 24.6 Å². The Bertz CT molecular complexity index is 676. The van der Waals surface area contributed by atoms with Crippen LogP contribution in [0.2, 0.25) is 0 Å². The van der Waals surface area contributed by atoms with Crippen LogP contribution in [0.3, 0.4) is 0 Å². The van der Waals surface area contributed by atoms with Crippen molar-refractivity contribution in [3.8, 4) is 5.75 Å². The average Bonchev–Trinajstić information content (AvgIpc) is 2.87. The zero-order valence-electron chi connectivity index (χ0n) is 12.3. The Morgan fingerprint density at radius 3 is 2.55 bits per heavy atom. The van der Waals surface area contributed by atoms with Gasteiger partial charge in [-0.15, -0.1) is 0 Å². The van der Waals surface area contributed by atoms with Crippen LogP contribution < -0.4 is 4.74 Å². The summed E-state index contributed by atoms with van der Waals surface area (Å²) < 4.78 is 11.8. The Kier molecular flexibility index (Phi) is 4.77. The van der Waals surface area contributed by atoms with Crippen molar-refractivity contribution in [2.75, 3.05) is 13.2 Å². The SMILES string of the molecule is Cc1ccc(OCCOC(=O)c2cc([N+](=O)[O-])cn2C)cc1. The van der Waals surface area contributed by atoms with Crippen LogP contribution in [0.1, 0.15) is 16.1 Å². The van der Waals surface area contributed by atoms with Crippen LogP contribution in [-0.4, -0.2) is 28.7 Å². The van der Waals surface area contributed by atoms with Gasteiger partial charge in [-0.2, -0.15) is 0 Å². The number of nitro groups is 1. The van der Waals surface area contributed by atoms with Crippen molar-refractivity contribution < 1.29 is 19.2 Å². The molecular weight excluding hydrogens is 288 g/mol. The van der Waals surface area contributed by atoms with E-state index in [4.69, 9.17) is 9.47 Å². The molecule has 0 unspecified atom stereocenters. The minimum atomic E-state index is -0.622. The minimum Gasteiger partial charge on any atom is -0.490 e. The quantitative estimate of drug-likeness (QED) is 0.354. The lowest BCUT2D eigenvalue weighted by atomic mass is 10.2. The maximum Gasteiger partial charge on any atom is 0.355 e. The fraction of sp³-hybridized carbons (Fsp3) is 0.267. The molecule has 0 saturated heterocycles. The highest BCUT2D eigenvalue weighted by Gasteiger charge is 2.18. The van der Waals surface area contributed by atoms with Crippen LogP contribution in [0.5, 0.6) is 5.75 Å². The molecule has 1 heterocycles. The molecule has 0 atom stereocenters. The molecule has 0 spiro atoms. The first-order valence-electron chi connectivity index (χ1n) is 6.64. The zero-order chi connectivity index (χ0) is 16.1. The lowest BCUT2D eigenvalue weighted by Crippen LogP contribution is -2.14. The number of aromatic nitrogens is 1. The van der Waals surface area contributed by atoms with E-state index in [2.05, 4.69) is 0 Å². The predicted octanol–water partition coefficient (Wildman–Crippen LogP) is 2.48. The summed E-state index contributed by atoms with van der Waals surface area (Å²) in [5.41, 5.74) is 1.11. The van der Waals surface area contributed by atoms with Gasteiger partial charge < -0.3 is 14.0 Å². The van der Waals surface area contributed by atoms with Gasteiger partial charge in [-0.05, 0) is 19.1 Å². The van der Waals surface area contributed by atoms with E-state index in [1.807, 2.05) is 31.2 Å². The first kappa shape index (κ1) is 15.6. The first-order chi connectivity index (χ1) is 10.5. The van der Waals surface area contributed by atoms with E-state index in [1.54, 1.807) is 7.05 Å². The molecule has 7 heteroatoms. The molecule has 0 aliphatic carbocycles. The zero-order valence-corrected chi connectivity index (χ0v) is 12.3. The standard InChI is InChI=1S/C15H16N2O5/c1-11-3-5-13(6-4-11)21-7-8-22-15(18)14-9-12(17(19)20)10-16(14)2/h3-6,9-10H,7-8H2,1-2H3. The third kappa shape index (κ3) is 3.85. The van der Waals surface area contributed by atoms with Gasteiger partial charge in [0, 0.05) is 13.1 Å². The van der Waals surface area contributed by atoms with Crippen LogP contribution in [0.15, 0.2) is 36.5 Å². The molecule has 0 aliphatic rings. The summed E-state index contributed by atoms with van der Waals surface area (Å²) in [6.07, 6.45) is 1.26. The van der Waals surface area contributed by atoms with Crippen LogP contribution in [0, 0.1) is 17.0 Å². The van der Waals surface area contributed by atoms with E-state index in [0.29, 0.717) is 5.75 Å². The van der Waals surface area contributed by atoms with Gasteiger partial charge in [0.15, 0.2) is 0 Å². The van der Waals surface area contributed by atoms with Gasteiger partial charge in [0.2, 0.25) is 0 Å². The number of hydrogen-bond acceptors (Lipinski definition) is 5. The van der Waals surface area contributed by atoms with Crippen LogP contribution in [-0.2, 0) is 11.8 Å². The number of nitrogens with zero attached hydrogens (tertiary/aromatic N) is 2. The summed E-state index contributed by atoms with van der Waals surface area (Å²) in [5.74, 6) is 0.0688. The number of rotatable bonds is 6. The number of carbonyl (C=O) groups is 1. The van der Waals surface area contributed by atoms with Crippen molar-refractivity contribution in [1.29, 1.82) is 0 Å². The van der Waals surface area contributed by atoms with Crippen molar-refractivity contribution in [1.82, 2.24) is 4.57 Å². The molecule has 2 aromatic rings. The van der Waals surface area contributed by atoms with E-state index in [1.165, 1.54) is 16.8 Å². The molecule has 22 heavy (non-hydrogen) atoms. The number of esters is 1. The molecule has 0 radical (unpaired) electrons. The number of hydrogen-bond donors (Lipinski definition) is 0. The van der Waals surface area contributed by atoms with Gasteiger partial charge in [-0.3, -0.25) is 10.1 Å². The summed E-state index contributed by atoms with van der Waals surface area (Å²) >= 11 is 0. The Labute approximate surface area is 127 Å². The van der Waals surface area contributed by atoms with Gasteiger partial charge in [0.05, 0.1) is 11.1 Å². The van der Waals surface area contributed by atoms with Crippen molar-refractivity contribution in [3.63, 3.8) is 0 Å². The second-order valence-corrected chi connectivity index (χ2v) is 4.75. The fourth-order valence-corrected chi connectivity index (χ4v) is 1.85. The van der Waals surface area contributed by atoms with E-state index >= 15 is 0 Å². The maximum absolute atomic E-state index is 11.8. The fourth-order valence-electron chi connectivity index (χ4n) is 1.85. The number of aryl methyl sites for hydroxylation is 2. The molecule has 0 amide bonds. The molecule has 0 aliphatic heterocycles. The lowest BCUT2D eigenvalue weighted by molar-refractivity contribution is -0.384. The normalized spacial score (nSPS) is 10.3. The highest BCUT2D eigenvalue weighted by Crippen LogP contribution is 2.16.